The molecule has 3 rings (SSSR count). The summed E-state index contributed by atoms with van der Waals surface area (Å²) in [4.78, 5) is 24.6. The SMILES string of the molecule is COc1ccc2cc(C(C)C(=O)CC3CCC(NC(=O)CCN)CC3)ccc2c1. The Bertz CT molecular complexity index is 856. The van der Waals surface area contributed by atoms with Crippen LogP contribution >= 0.6 is 0 Å². The topological polar surface area (TPSA) is 81.4 Å². The minimum absolute atomic E-state index is 0.0366. The van der Waals surface area contributed by atoms with E-state index in [0.717, 1.165) is 47.8 Å². The number of carbonyl (C=O) groups excluding carboxylic acids is 2. The summed E-state index contributed by atoms with van der Waals surface area (Å²) in [6.07, 6.45) is 4.87. The van der Waals surface area contributed by atoms with Crippen LogP contribution in [0.5, 0.6) is 5.75 Å². The Hall–Kier alpha value is -2.40. The lowest BCUT2D eigenvalue weighted by atomic mass is 9.80. The molecule has 1 aliphatic rings. The van der Waals surface area contributed by atoms with Crippen molar-refractivity contribution >= 4 is 22.5 Å². The molecule has 0 spiro atoms. The quantitative estimate of drug-likeness (QED) is 0.708. The first-order valence-electron chi connectivity index (χ1n) is 10.6. The highest BCUT2D eigenvalue weighted by molar-refractivity contribution is 5.89. The molecule has 0 radical (unpaired) electrons. The Balaban J connectivity index is 1.54. The monoisotopic (exact) mass is 396 g/mol. The number of rotatable bonds is 8. The van der Waals surface area contributed by atoms with Crippen LogP contribution in [0.3, 0.4) is 0 Å². The van der Waals surface area contributed by atoms with Gasteiger partial charge in [-0.15, -0.1) is 0 Å². The van der Waals surface area contributed by atoms with Crippen LogP contribution in [-0.2, 0) is 9.59 Å². The van der Waals surface area contributed by atoms with Gasteiger partial charge in [0.1, 0.15) is 11.5 Å². The molecule has 1 aliphatic carbocycles. The second-order valence-corrected chi connectivity index (χ2v) is 8.19. The number of amides is 1. The van der Waals surface area contributed by atoms with Gasteiger partial charge >= 0.3 is 0 Å². The summed E-state index contributed by atoms with van der Waals surface area (Å²) >= 11 is 0. The van der Waals surface area contributed by atoms with Gasteiger partial charge in [-0.1, -0.05) is 31.2 Å². The summed E-state index contributed by atoms with van der Waals surface area (Å²) in [7, 11) is 1.66. The number of ether oxygens (including phenoxy) is 1. The first kappa shape index (κ1) is 21.3. The third-order valence-electron chi connectivity index (χ3n) is 6.13. The lowest BCUT2D eigenvalue weighted by Gasteiger charge is -2.29. The van der Waals surface area contributed by atoms with Crippen molar-refractivity contribution in [2.24, 2.45) is 11.7 Å². The van der Waals surface area contributed by atoms with Gasteiger partial charge in [0.25, 0.3) is 0 Å². The highest BCUT2D eigenvalue weighted by atomic mass is 16.5. The van der Waals surface area contributed by atoms with Gasteiger partial charge in [-0.3, -0.25) is 9.59 Å². The van der Waals surface area contributed by atoms with Gasteiger partial charge in [-0.2, -0.15) is 0 Å². The number of methoxy groups -OCH3 is 1. The highest BCUT2D eigenvalue weighted by Crippen LogP contribution is 2.31. The molecule has 5 nitrogen and oxygen atoms in total. The van der Waals surface area contributed by atoms with Gasteiger partial charge in [0.05, 0.1) is 7.11 Å². The summed E-state index contributed by atoms with van der Waals surface area (Å²) in [5.41, 5.74) is 6.49. The van der Waals surface area contributed by atoms with Crippen LogP contribution in [0.2, 0.25) is 0 Å². The largest absolute Gasteiger partial charge is 0.497 e. The average molecular weight is 397 g/mol. The molecule has 1 saturated carbocycles. The zero-order valence-electron chi connectivity index (χ0n) is 17.4. The van der Waals surface area contributed by atoms with E-state index in [1.807, 2.05) is 31.2 Å². The van der Waals surface area contributed by atoms with Crippen molar-refractivity contribution in [3.05, 3.63) is 42.0 Å². The zero-order valence-corrected chi connectivity index (χ0v) is 17.4. The second-order valence-electron chi connectivity index (χ2n) is 8.19. The summed E-state index contributed by atoms with van der Waals surface area (Å²) in [5.74, 6) is 1.48. The van der Waals surface area contributed by atoms with E-state index in [2.05, 4.69) is 17.4 Å². The van der Waals surface area contributed by atoms with Gasteiger partial charge in [-0.25, -0.2) is 0 Å². The molecule has 0 aromatic heterocycles. The number of hydrogen-bond acceptors (Lipinski definition) is 4. The Morgan fingerprint density at radius 1 is 1.10 bits per heavy atom. The standard InChI is InChI=1S/C24H32N2O3/c1-16(18-5-6-20-15-22(29-2)10-7-19(20)14-18)23(27)13-17-3-8-21(9-4-17)26-24(28)11-12-25/h5-7,10,14-17,21H,3-4,8-9,11-13,25H2,1-2H3,(H,26,28). The van der Waals surface area contributed by atoms with Gasteiger partial charge in [-0.05, 0) is 60.1 Å². The molecule has 1 amide bonds. The molecule has 3 N–H and O–H groups in total. The number of fused-ring (bicyclic) bond motifs is 1. The molecule has 156 valence electrons. The molecule has 0 aliphatic heterocycles. The fraction of sp³-hybridized carbons (Fsp3) is 0.500. The molecular weight excluding hydrogens is 364 g/mol. The summed E-state index contributed by atoms with van der Waals surface area (Å²) in [5, 5.41) is 5.29. The Morgan fingerprint density at radius 2 is 1.79 bits per heavy atom. The third-order valence-corrected chi connectivity index (χ3v) is 6.13. The van der Waals surface area contributed by atoms with Gasteiger partial charge < -0.3 is 15.8 Å². The van der Waals surface area contributed by atoms with E-state index >= 15 is 0 Å². The molecule has 1 atom stereocenters. The normalized spacial score (nSPS) is 20.2. The average Bonchev–Trinajstić information content (AvgIpc) is 2.74. The van der Waals surface area contributed by atoms with E-state index in [0.29, 0.717) is 31.1 Å². The zero-order chi connectivity index (χ0) is 20.8. The van der Waals surface area contributed by atoms with Crippen molar-refractivity contribution in [3.63, 3.8) is 0 Å². The predicted molar refractivity (Wildman–Crippen MR) is 116 cm³/mol. The molecule has 2 aromatic carbocycles. The lowest BCUT2D eigenvalue weighted by molar-refractivity contribution is -0.123. The number of benzene rings is 2. The van der Waals surface area contributed by atoms with Crippen LogP contribution in [0.15, 0.2) is 36.4 Å². The second kappa shape index (κ2) is 9.88. The molecule has 0 heterocycles. The van der Waals surface area contributed by atoms with Crippen LogP contribution in [0.25, 0.3) is 10.8 Å². The Kier molecular flexibility index (Phi) is 7.26. The van der Waals surface area contributed by atoms with Crippen LogP contribution < -0.4 is 15.8 Å². The molecule has 29 heavy (non-hydrogen) atoms. The van der Waals surface area contributed by atoms with Crippen LogP contribution in [-0.4, -0.2) is 31.4 Å². The molecule has 5 heteroatoms. The maximum absolute atomic E-state index is 12.9. The van der Waals surface area contributed by atoms with Crippen LogP contribution in [0, 0.1) is 5.92 Å². The van der Waals surface area contributed by atoms with Crippen molar-refractivity contribution in [1.29, 1.82) is 0 Å². The van der Waals surface area contributed by atoms with Crippen molar-refractivity contribution in [2.45, 2.75) is 57.4 Å². The number of carbonyl (C=O) groups is 2. The minimum atomic E-state index is -0.108. The molecule has 1 fully saturated rings. The predicted octanol–water partition coefficient (Wildman–Crippen LogP) is 3.93. The number of hydrogen-bond donors (Lipinski definition) is 2. The first-order valence-corrected chi connectivity index (χ1v) is 10.6. The van der Waals surface area contributed by atoms with Crippen molar-refractivity contribution in [3.8, 4) is 5.75 Å². The van der Waals surface area contributed by atoms with Crippen molar-refractivity contribution < 1.29 is 14.3 Å². The molecule has 0 saturated heterocycles. The number of Topliss-reactive ketones (excluding diaryl/α,β-unsaturated/α-hetero) is 1. The van der Waals surface area contributed by atoms with Gasteiger partial charge in [0, 0.05) is 31.3 Å². The molecule has 2 aromatic rings. The smallest absolute Gasteiger partial charge is 0.221 e. The molecular formula is C24H32N2O3. The van der Waals surface area contributed by atoms with Crippen LogP contribution in [0.4, 0.5) is 0 Å². The highest BCUT2D eigenvalue weighted by Gasteiger charge is 2.26. The molecule has 1 unspecified atom stereocenters. The van der Waals surface area contributed by atoms with Crippen molar-refractivity contribution in [2.75, 3.05) is 13.7 Å². The van der Waals surface area contributed by atoms with Gasteiger partial charge in [0.2, 0.25) is 5.91 Å². The Morgan fingerprint density at radius 3 is 2.48 bits per heavy atom. The summed E-state index contributed by atoms with van der Waals surface area (Å²) < 4.78 is 5.28. The maximum atomic E-state index is 12.9. The van der Waals surface area contributed by atoms with E-state index in [1.165, 1.54) is 0 Å². The van der Waals surface area contributed by atoms with E-state index in [9.17, 15) is 9.59 Å². The fourth-order valence-corrected chi connectivity index (χ4v) is 4.23. The van der Waals surface area contributed by atoms with Gasteiger partial charge in [0.15, 0.2) is 0 Å². The summed E-state index contributed by atoms with van der Waals surface area (Å²) in [6, 6.07) is 12.5. The fourth-order valence-electron chi connectivity index (χ4n) is 4.23. The summed E-state index contributed by atoms with van der Waals surface area (Å²) in [6.45, 7) is 2.39. The third kappa shape index (κ3) is 5.57. The molecule has 0 bridgehead atoms. The first-order chi connectivity index (χ1) is 14.0. The van der Waals surface area contributed by atoms with Crippen LogP contribution in [0.1, 0.15) is 56.9 Å². The Labute approximate surface area is 173 Å². The van der Waals surface area contributed by atoms with E-state index in [1.54, 1.807) is 7.11 Å². The lowest BCUT2D eigenvalue weighted by Crippen LogP contribution is -2.38. The number of ketones is 1. The van der Waals surface area contributed by atoms with E-state index in [4.69, 9.17) is 10.5 Å². The van der Waals surface area contributed by atoms with E-state index in [-0.39, 0.29) is 17.9 Å². The van der Waals surface area contributed by atoms with Crippen molar-refractivity contribution in [1.82, 2.24) is 5.32 Å². The number of nitrogens with one attached hydrogen (secondary N) is 1. The minimum Gasteiger partial charge on any atom is -0.497 e. The maximum Gasteiger partial charge on any atom is 0.221 e. The number of nitrogens with two attached hydrogens (primary N) is 1. The van der Waals surface area contributed by atoms with E-state index < -0.39 is 0 Å².